The average molecular weight is 249 g/mol. The van der Waals surface area contributed by atoms with E-state index in [2.05, 4.69) is 5.32 Å². The molecule has 0 bridgehead atoms. The number of hydrogen-bond donors (Lipinski definition) is 1. The van der Waals surface area contributed by atoms with Crippen LogP contribution in [0.5, 0.6) is 0 Å². The molecule has 0 fully saturated rings. The number of carbonyl (C=O) groups excluding carboxylic acids is 2. The highest BCUT2D eigenvalue weighted by Gasteiger charge is 2.14. The van der Waals surface area contributed by atoms with Gasteiger partial charge in [0.1, 0.15) is 0 Å². The van der Waals surface area contributed by atoms with E-state index in [-0.39, 0.29) is 11.0 Å². The third kappa shape index (κ3) is 3.33. The quantitative estimate of drug-likeness (QED) is 0.768. The normalized spacial score (nSPS) is 17.9. The SMILES string of the molecule is O=C1CCCCCNC(=O)c2ccccc2S1. The topological polar surface area (TPSA) is 46.2 Å². The van der Waals surface area contributed by atoms with Crippen LogP contribution in [0, 0.1) is 0 Å². The summed E-state index contributed by atoms with van der Waals surface area (Å²) in [5, 5.41) is 3.03. The van der Waals surface area contributed by atoms with Crippen molar-refractivity contribution in [2.24, 2.45) is 0 Å². The van der Waals surface area contributed by atoms with E-state index in [1.807, 2.05) is 18.2 Å². The van der Waals surface area contributed by atoms with Crippen LogP contribution in [0.15, 0.2) is 29.2 Å². The Morgan fingerprint density at radius 3 is 2.76 bits per heavy atom. The van der Waals surface area contributed by atoms with Gasteiger partial charge >= 0.3 is 0 Å². The molecule has 0 saturated heterocycles. The number of thioether (sulfide) groups is 1. The minimum absolute atomic E-state index is 0.0807. The number of rotatable bonds is 0. The Morgan fingerprint density at radius 2 is 1.88 bits per heavy atom. The smallest absolute Gasteiger partial charge is 0.252 e. The molecule has 1 aromatic carbocycles. The highest BCUT2D eigenvalue weighted by Crippen LogP contribution is 2.25. The lowest BCUT2D eigenvalue weighted by Crippen LogP contribution is -2.24. The number of benzene rings is 1. The molecule has 0 unspecified atom stereocenters. The molecule has 0 aromatic heterocycles. The van der Waals surface area contributed by atoms with Gasteiger partial charge in [0.05, 0.1) is 5.56 Å². The molecule has 0 spiro atoms. The molecule has 3 nitrogen and oxygen atoms in total. The second-order valence-electron chi connectivity index (χ2n) is 4.04. The van der Waals surface area contributed by atoms with Gasteiger partial charge in [0, 0.05) is 17.9 Å². The van der Waals surface area contributed by atoms with Crippen LogP contribution < -0.4 is 5.32 Å². The van der Waals surface area contributed by atoms with E-state index >= 15 is 0 Å². The first-order valence-electron chi connectivity index (χ1n) is 5.85. The van der Waals surface area contributed by atoms with Crippen molar-refractivity contribution in [1.82, 2.24) is 5.32 Å². The molecule has 0 saturated carbocycles. The van der Waals surface area contributed by atoms with E-state index in [1.165, 1.54) is 11.8 Å². The Balaban J connectivity index is 2.26. The maximum absolute atomic E-state index is 11.9. The summed E-state index contributed by atoms with van der Waals surface area (Å²) in [6.07, 6.45) is 3.42. The van der Waals surface area contributed by atoms with Crippen LogP contribution in [0.3, 0.4) is 0 Å². The summed E-state index contributed by atoms with van der Waals surface area (Å²) in [4.78, 5) is 24.4. The number of fused-ring (bicyclic) bond motifs is 1. The minimum atomic E-state index is -0.0807. The van der Waals surface area contributed by atoms with Gasteiger partial charge in [0.2, 0.25) is 0 Å². The largest absolute Gasteiger partial charge is 0.352 e. The number of nitrogens with one attached hydrogen (secondary N) is 1. The fraction of sp³-hybridized carbons (Fsp3) is 0.385. The molecule has 2 rings (SSSR count). The van der Waals surface area contributed by atoms with Gasteiger partial charge in [0.25, 0.3) is 5.91 Å². The first kappa shape index (κ1) is 12.2. The summed E-state index contributed by atoms with van der Waals surface area (Å²) in [6.45, 7) is 0.687. The highest BCUT2D eigenvalue weighted by atomic mass is 32.2. The van der Waals surface area contributed by atoms with Crippen LogP contribution in [-0.4, -0.2) is 17.6 Å². The van der Waals surface area contributed by atoms with Crippen molar-refractivity contribution < 1.29 is 9.59 Å². The minimum Gasteiger partial charge on any atom is -0.352 e. The molecule has 1 amide bonds. The predicted octanol–water partition coefficient (Wildman–Crippen LogP) is 2.61. The van der Waals surface area contributed by atoms with Gasteiger partial charge in [-0.2, -0.15) is 0 Å². The maximum Gasteiger partial charge on any atom is 0.252 e. The third-order valence-corrected chi connectivity index (χ3v) is 3.71. The number of amides is 1. The molecule has 0 atom stereocenters. The van der Waals surface area contributed by atoms with Crippen molar-refractivity contribution >= 4 is 22.8 Å². The Kier molecular flexibility index (Phi) is 4.20. The van der Waals surface area contributed by atoms with E-state index in [0.717, 1.165) is 24.2 Å². The Bertz CT molecular complexity index is 431. The van der Waals surface area contributed by atoms with Crippen LogP contribution in [0.1, 0.15) is 36.0 Å². The summed E-state index contributed by atoms with van der Waals surface area (Å²) in [6, 6.07) is 7.27. The van der Waals surface area contributed by atoms with Gasteiger partial charge in [-0.1, -0.05) is 30.3 Å². The molecule has 90 valence electrons. The van der Waals surface area contributed by atoms with Crippen molar-refractivity contribution in [3.8, 4) is 0 Å². The Labute approximate surface area is 105 Å². The summed E-state index contributed by atoms with van der Waals surface area (Å²) >= 11 is 1.18. The molecule has 1 aromatic rings. The zero-order valence-electron chi connectivity index (χ0n) is 9.57. The van der Waals surface area contributed by atoms with Gasteiger partial charge in [-0.25, -0.2) is 0 Å². The summed E-state index contributed by atoms with van der Waals surface area (Å²) < 4.78 is 0. The van der Waals surface area contributed by atoms with Gasteiger partial charge in [-0.15, -0.1) is 0 Å². The average Bonchev–Trinajstić information content (AvgIpc) is 2.36. The Morgan fingerprint density at radius 1 is 1.06 bits per heavy atom. The fourth-order valence-electron chi connectivity index (χ4n) is 1.79. The predicted molar refractivity (Wildman–Crippen MR) is 68.1 cm³/mol. The summed E-state index contributed by atoms with van der Waals surface area (Å²) in [7, 11) is 0. The van der Waals surface area contributed by atoms with Crippen LogP contribution in [0.4, 0.5) is 0 Å². The molecule has 1 aliphatic rings. The molecule has 17 heavy (non-hydrogen) atoms. The maximum atomic E-state index is 11.9. The number of hydrogen-bond acceptors (Lipinski definition) is 3. The Hall–Kier alpha value is -1.29. The molecular formula is C13H15NO2S. The van der Waals surface area contributed by atoms with Gasteiger partial charge in [-0.3, -0.25) is 9.59 Å². The van der Waals surface area contributed by atoms with E-state index in [4.69, 9.17) is 0 Å². The summed E-state index contributed by atoms with van der Waals surface area (Å²) in [5.41, 5.74) is 0.604. The monoisotopic (exact) mass is 249 g/mol. The van der Waals surface area contributed by atoms with E-state index in [9.17, 15) is 9.59 Å². The van der Waals surface area contributed by atoms with Crippen molar-refractivity contribution in [2.75, 3.05) is 6.54 Å². The lowest BCUT2D eigenvalue weighted by Gasteiger charge is -2.07. The molecule has 1 N–H and O–H groups in total. The van der Waals surface area contributed by atoms with Crippen molar-refractivity contribution in [3.63, 3.8) is 0 Å². The molecule has 1 heterocycles. The molecular weight excluding hydrogens is 234 g/mol. The van der Waals surface area contributed by atoms with Crippen LogP contribution in [-0.2, 0) is 4.79 Å². The zero-order valence-corrected chi connectivity index (χ0v) is 10.4. The standard InChI is InChI=1S/C13H15NO2S/c15-12-8-2-1-5-9-14-13(16)10-6-3-4-7-11(10)17-12/h3-4,6-7H,1-2,5,8-9H2,(H,14,16). The lowest BCUT2D eigenvalue weighted by atomic mass is 10.2. The van der Waals surface area contributed by atoms with Gasteiger partial charge in [0.15, 0.2) is 5.12 Å². The van der Waals surface area contributed by atoms with Crippen LogP contribution in [0.2, 0.25) is 0 Å². The second kappa shape index (κ2) is 5.87. The second-order valence-corrected chi connectivity index (χ2v) is 5.14. The number of carbonyl (C=O) groups is 2. The first-order valence-corrected chi connectivity index (χ1v) is 6.67. The van der Waals surface area contributed by atoms with Crippen molar-refractivity contribution in [2.45, 2.75) is 30.6 Å². The molecule has 1 aliphatic heterocycles. The van der Waals surface area contributed by atoms with Gasteiger partial charge < -0.3 is 5.32 Å². The summed E-state index contributed by atoms with van der Waals surface area (Å²) in [5.74, 6) is -0.0807. The molecule has 0 aliphatic carbocycles. The van der Waals surface area contributed by atoms with E-state index in [0.29, 0.717) is 18.5 Å². The van der Waals surface area contributed by atoms with Gasteiger partial charge in [-0.05, 0) is 25.0 Å². The van der Waals surface area contributed by atoms with Crippen molar-refractivity contribution in [3.05, 3.63) is 29.8 Å². The highest BCUT2D eigenvalue weighted by molar-refractivity contribution is 8.13. The molecule has 0 radical (unpaired) electrons. The van der Waals surface area contributed by atoms with Crippen LogP contribution in [0.25, 0.3) is 0 Å². The first-order chi connectivity index (χ1) is 8.27. The lowest BCUT2D eigenvalue weighted by molar-refractivity contribution is -0.111. The third-order valence-electron chi connectivity index (χ3n) is 2.70. The van der Waals surface area contributed by atoms with E-state index < -0.39 is 0 Å². The van der Waals surface area contributed by atoms with Crippen LogP contribution >= 0.6 is 11.8 Å². The van der Waals surface area contributed by atoms with E-state index in [1.54, 1.807) is 6.07 Å². The molecule has 4 heteroatoms. The zero-order chi connectivity index (χ0) is 12.1. The fourth-order valence-corrected chi connectivity index (χ4v) is 2.69. The van der Waals surface area contributed by atoms with Crippen molar-refractivity contribution in [1.29, 1.82) is 0 Å².